The first-order valence-electron chi connectivity index (χ1n) is 17.2. The van der Waals surface area contributed by atoms with E-state index in [1.54, 1.807) is 6.08 Å². The van der Waals surface area contributed by atoms with E-state index in [0.29, 0.717) is 23.3 Å². The summed E-state index contributed by atoms with van der Waals surface area (Å²) in [4.78, 5) is 42.1. The highest BCUT2D eigenvalue weighted by Crippen LogP contribution is 2.70. The third kappa shape index (κ3) is 4.15. The van der Waals surface area contributed by atoms with Crippen LogP contribution in [0.25, 0.3) is 11.1 Å². The molecule has 2 aromatic carbocycles. The van der Waals surface area contributed by atoms with E-state index in [9.17, 15) is 19.8 Å². The van der Waals surface area contributed by atoms with Crippen molar-refractivity contribution in [3.8, 4) is 28.4 Å². The number of aryl methyl sites for hydroxylation is 1. The van der Waals surface area contributed by atoms with E-state index in [2.05, 4.69) is 6.58 Å². The Labute approximate surface area is 287 Å². The van der Waals surface area contributed by atoms with Gasteiger partial charge in [0.25, 0.3) is 0 Å². The van der Waals surface area contributed by atoms with Crippen LogP contribution in [-0.4, -0.2) is 57.3 Å². The maximum atomic E-state index is 15.4. The number of allylic oxidation sites excluding steroid dienone is 1. The van der Waals surface area contributed by atoms with Gasteiger partial charge in [0.05, 0.1) is 29.1 Å². The molecular formula is C40H46O9. The molecule has 4 bridgehead atoms. The van der Waals surface area contributed by atoms with Crippen LogP contribution in [0.3, 0.4) is 0 Å². The van der Waals surface area contributed by atoms with Gasteiger partial charge in [0.2, 0.25) is 0 Å². The number of phenolic OH excluding ortho intramolecular Hbond substituents is 1. The molecule has 3 saturated carbocycles. The molecule has 6 atom stereocenters. The fourth-order valence-electron chi connectivity index (χ4n) is 9.59. The predicted octanol–water partition coefficient (Wildman–Crippen LogP) is 6.98. The monoisotopic (exact) mass is 670 g/mol. The van der Waals surface area contributed by atoms with Crippen molar-refractivity contribution >= 4 is 17.5 Å². The Balaban J connectivity index is 1.58. The summed E-state index contributed by atoms with van der Waals surface area (Å²) in [6.07, 6.45) is 2.60. The number of hydrogen-bond donors (Lipinski definition) is 2. The summed E-state index contributed by atoms with van der Waals surface area (Å²) in [7, 11) is 0. The van der Waals surface area contributed by atoms with Gasteiger partial charge in [0.1, 0.15) is 28.4 Å². The SMILES string of the molecule is C=CC(C)(C)c1c2c(c(O)c3c1OC(C)(C)c1ccc(C)cc1-3)C(=O)[C@H]1[C@H](OCC)[C@@H]3C(=O)[C@@]4(C/C=C(\C)C(=O)O)OC(C)(C)[C@@H]3C[C@@]14O2. The van der Waals surface area contributed by atoms with Gasteiger partial charge in [-0.3, -0.25) is 9.59 Å². The Bertz CT molecular complexity index is 1900. The average Bonchev–Trinajstić information content (AvgIpc) is 3.00. The Hall–Kier alpha value is -3.95. The molecule has 5 fully saturated rings. The number of ketones is 2. The highest BCUT2D eigenvalue weighted by Gasteiger charge is 2.83. The van der Waals surface area contributed by atoms with Crippen molar-refractivity contribution in [1.82, 2.24) is 0 Å². The summed E-state index contributed by atoms with van der Waals surface area (Å²) in [5, 5.41) is 22.1. The van der Waals surface area contributed by atoms with Crippen molar-refractivity contribution in [3.05, 3.63) is 64.8 Å². The third-order valence-electron chi connectivity index (χ3n) is 12.0. The number of hydrogen-bond acceptors (Lipinski definition) is 8. The molecule has 0 aromatic heterocycles. The highest BCUT2D eigenvalue weighted by atomic mass is 16.6. The molecule has 0 amide bonds. The number of ether oxygens (including phenoxy) is 4. The zero-order chi connectivity index (χ0) is 35.8. The van der Waals surface area contributed by atoms with Crippen LogP contribution in [0.1, 0.15) is 95.3 Å². The third-order valence-corrected chi connectivity index (χ3v) is 12.0. The van der Waals surface area contributed by atoms with Gasteiger partial charge in [-0.05, 0) is 60.5 Å². The van der Waals surface area contributed by atoms with Crippen molar-refractivity contribution < 1.29 is 43.5 Å². The number of carbonyl (C=O) groups is 3. The van der Waals surface area contributed by atoms with E-state index in [4.69, 9.17) is 18.9 Å². The van der Waals surface area contributed by atoms with Crippen molar-refractivity contribution in [3.63, 3.8) is 0 Å². The lowest BCUT2D eigenvalue weighted by molar-refractivity contribution is -0.347. The minimum absolute atomic E-state index is 0.0160. The second-order valence-corrected chi connectivity index (χ2v) is 16.1. The predicted molar refractivity (Wildman–Crippen MR) is 182 cm³/mol. The number of aliphatic carboxylic acids is 1. The molecule has 7 aliphatic rings. The second kappa shape index (κ2) is 10.3. The molecule has 9 rings (SSSR count). The maximum absolute atomic E-state index is 15.4. The molecule has 0 unspecified atom stereocenters. The number of phenols is 1. The topological polar surface area (TPSA) is 129 Å². The Morgan fingerprint density at radius 3 is 2.43 bits per heavy atom. The molecule has 4 aliphatic heterocycles. The quantitative estimate of drug-likeness (QED) is 0.237. The molecule has 9 nitrogen and oxygen atoms in total. The molecule has 260 valence electrons. The molecular weight excluding hydrogens is 624 g/mol. The van der Waals surface area contributed by atoms with E-state index in [-0.39, 0.29) is 47.4 Å². The second-order valence-electron chi connectivity index (χ2n) is 16.1. The van der Waals surface area contributed by atoms with Crippen LogP contribution in [0.2, 0.25) is 0 Å². The summed E-state index contributed by atoms with van der Waals surface area (Å²) >= 11 is 0. The van der Waals surface area contributed by atoms with Crippen LogP contribution in [0.15, 0.2) is 42.5 Å². The van der Waals surface area contributed by atoms with Crippen LogP contribution in [0.4, 0.5) is 0 Å². The molecule has 1 spiro atoms. The number of Topliss-reactive ketones (excluding diaryl/α,β-unsaturated/α-hetero) is 2. The number of carboxylic acids is 1. The van der Waals surface area contributed by atoms with Gasteiger partial charge in [0.15, 0.2) is 22.8 Å². The Morgan fingerprint density at radius 1 is 1.12 bits per heavy atom. The fraction of sp³-hybridized carbons (Fsp3) is 0.525. The average molecular weight is 671 g/mol. The van der Waals surface area contributed by atoms with E-state index >= 15 is 4.79 Å². The van der Waals surface area contributed by atoms with Crippen LogP contribution in [0, 0.1) is 24.7 Å². The van der Waals surface area contributed by atoms with Crippen LogP contribution in [-0.2, 0) is 30.1 Å². The molecule has 2 N–H and O–H groups in total. The lowest BCUT2D eigenvalue weighted by Gasteiger charge is -2.72. The first-order chi connectivity index (χ1) is 22.8. The fourth-order valence-corrected chi connectivity index (χ4v) is 9.59. The van der Waals surface area contributed by atoms with Crippen molar-refractivity contribution in [2.75, 3.05) is 6.61 Å². The molecule has 9 heteroatoms. The summed E-state index contributed by atoms with van der Waals surface area (Å²) < 4.78 is 27.3. The summed E-state index contributed by atoms with van der Waals surface area (Å²) in [5.41, 5.74) is -2.12. The first kappa shape index (κ1) is 33.5. The number of carboxylic acid groups (broad SMARTS) is 1. The van der Waals surface area contributed by atoms with Crippen LogP contribution in [0.5, 0.6) is 17.2 Å². The molecule has 0 radical (unpaired) electrons. The van der Waals surface area contributed by atoms with Crippen molar-refractivity contribution in [1.29, 1.82) is 0 Å². The summed E-state index contributed by atoms with van der Waals surface area (Å²) in [5.74, 6) is -3.57. The largest absolute Gasteiger partial charge is 0.506 e. The first-order valence-corrected chi connectivity index (χ1v) is 17.2. The lowest BCUT2D eigenvalue weighted by Crippen LogP contribution is -2.87. The van der Waals surface area contributed by atoms with Gasteiger partial charge in [-0.1, -0.05) is 49.8 Å². The van der Waals surface area contributed by atoms with Gasteiger partial charge in [0, 0.05) is 41.1 Å². The van der Waals surface area contributed by atoms with E-state index in [1.165, 1.54) is 13.0 Å². The van der Waals surface area contributed by atoms with Crippen LogP contribution < -0.4 is 9.47 Å². The number of rotatable bonds is 7. The minimum Gasteiger partial charge on any atom is -0.506 e. The van der Waals surface area contributed by atoms with Gasteiger partial charge >= 0.3 is 5.97 Å². The molecule has 4 heterocycles. The van der Waals surface area contributed by atoms with Gasteiger partial charge in [-0.2, -0.15) is 0 Å². The number of benzene rings is 2. The zero-order valence-corrected chi connectivity index (χ0v) is 29.8. The lowest BCUT2D eigenvalue weighted by atomic mass is 9.42. The number of fused-ring (bicyclic) bond motifs is 5. The summed E-state index contributed by atoms with van der Waals surface area (Å²) in [6.45, 7) is 21.3. The van der Waals surface area contributed by atoms with E-state index < -0.39 is 57.5 Å². The maximum Gasteiger partial charge on any atom is 0.330 e. The normalized spacial score (nSPS) is 31.6. The van der Waals surface area contributed by atoms with E-state index in [0.717, 1.165) is 16.7 Å². The Kier molecular flexibility index (Phi) is 7.05. The van der Waals surface area contributed by atoms with E-state index in [1.807, 2.05) is 73.6 Å². The molecule has 2 aromatic rings. The van der Waals surface area contributed by atoms with Crippen LogP contribution >= 0.6 is 0 Å². The molecule has 2 saturated heterocycles. The Morgan fingerprint density at radius 2 is 1.80 bits per heavy atom. The van der Waals surface area contributed by atoms with Gasteiger partial charge in [-0.15, -0.1) is 6.58 Å². The minimum atomic E-state index is -1.71. The number of aromatic hydroxyl groups is 1. The standard InChI is InChI=1S/C40H46O9/c1-11-36(5,6)28-32-24(21-17-19(3)13-14-22(21)37(7,8)47-32)29(41)26-30(42)27-31(46-12-2)25-23-18-40(27,48-33(26)28)39(34(25)43,49-38(23,9)10)16-15-20(4)35(44)45/h11,13-15,17,23,25,27,31,41H,1,12,16,18H2,2-10H3,(H,44,45)/b20-15+/t23-,25-,27+,31-,39-,40-/m1/s1. The highest BCUT2D eigenvalue weighted by molar-refractivity contribution is 6.11. The summed E-state index contributed by atoms with van der Waals surface area (Å²) in [6, 6.07) is 5.98. The zero-order valence-electron chi connectivity index (χ0n) is 29.8. The van der Waals surface area contributed by atoms with Gasteiger partial charge < -0.3 is 29.2 Å². The molecule has 49 heavy (non-hydrogen) atoms. The van der Waals surface area contributed by atoms with Crippen molar-refractivity contribution in [2.24, 2.45) is 17.8 Å². The van der Waals surface area contributed by atoms with Crippen molar-refractivity contribution in [2.45, 2.75) is 109 Å². The molecule has 3 aliphatic carbocycles. The van der Waals surface area contributed by atoms with Gasteiger partial charge in [-0.25, -0.2) is 4.79 Å². The number of carbonyl (C=O) groups excluding carboxylic acids is 2. The smallest absolute Gasteiger partial charge is 0.330 e.